The number of hydrogen-bond acceptors (Lipinski definition) is 4. The Morgan fingerprint density at radius 2 is 1.79 bits per heavy atom. The molecule has 0 N–H and O–H groups in total. The van der Waals surface area contributed by atoms with Crippen LogP contribution >= 0.6 is 0 Å². The second kappa shape index (κ2) is 9.18. The number of rotatable bonds is 6. The lowest BCUT2D eigenvalue weighted by Crippen LogP contribution is -2.58. The molecule has 0 bridgehead atoms. The van der Waals surface area contributed by atoms with Crippen LogP contribution in [0.5, 0.6) is 5.75 Å². The monoisotopic (exact) mass is 398 g/mol. The van der Waals surface area contributed by atoms with Crippen molar-refractivity contribution in [2.75, 3.05) is 19.7 Å². The number of halogens is 1. The Labute approximate surface area is 171 Å². The molecule has 2 aromatic rings. The molecule has 1 aliphatic rings. The van der Waals surface area contributed by atoms with Crippen molar-refractivity contribution < 1.29 is 18.7 Å². The molecule has 154 valence electrons. The quantitative estimate of drug-likeness (QED) is 0.699. The van der Waals surface area contributed by atoms with Gasteiger partial charge in [0.1, 0.15) is 11.6 Å². The van der Waals surface area contributed by atoms with E-state index in [0.29, 0.717) is 17.9 Å². The van der Waals surface area contributed by atoms with Gasteiger partial charge in [0, 0.05) is 37.3 Å². The first-order valence-corrected chi connectivity index (χ1v) is 9.85. The van der Waals surface area contributed by atoms with Crippen LogP contribution in [0, 0.1) is 5.82 Å². The average Bonchev–Trinajstić information content (AvgIpc) is 2.70. The third-order valence-corrected chi connectivity index (χ3v) is 5.34. The van der Waals surface area contributed by atoms with Crippen molar-refractivity contribution in [1.82, 2.24) is 9.80 Å². The van der Waals surface area contributed by atoms with Gasteiger partial charge < -0.3 is 9.64 Å². The first-order valence-electron chi connectivity index (χ1n) is 9.85. The van der Waals surface area contributed by atoms with Gasteiger partial charge in [0.25, 0.3) is 5.91 Å². The van der Waals surface area contributed by atoms with E-state index in [1.807, 2.05) is 11.8 Å². The number of piperazine rings is 1. The Bertz CT molecular complexity index is 869. The van der Waals surface area contributed by atoms with E-state index >= 15 is 0 Å². The maximum Gasteiger partial charge on any atom is 0.260 e. The lowest BCUT2D eigenvalue weighted by Gasteiger charge is -2.44. The number of nitrogens with zero attached hydrogens (tertiary/aromatic N) is 2. The summed E-state index contributed by atoms with van der Waals surface area (Å²) in [6.07, 6.45) is 0. The summed E-state index contributed by atoms with van der Waals surface area (Å²) in [7, 11) is 0. The molecule has 6 heteroatoms. The summed E-state index contributed by atoms with van der Waals surface area (Å²) < 4.78 is 18.8. The SMILES string of the molecule is CC(=O)c1cccc(OCC(=O)N2C[C@@H](C)N(Cc3ccc(F)cc3)C[C@@H]2C)c1. The van der Waals surface area contributed by atoms with Crippen LogP contribution in [0.25, 0.3) is 0 Å². The fourth-order valence-electron chi connectivity index (χ4n) is 3.62. The zero-order chi connectivity index (χ0) is 21.0. The normalized spacial score (nSPS) is 19.8. The highest BCUT2D eigenvalue weighted by atomic mass is 19.1. The summed E-state index contributed by atoms with van der Waals surface area (Å²) in [4.78, 5) is 28.4. The smallest absolute Gasteiger partial charge is 0.260 e. The van der Waals surface area contributed by atoms with Crippen LogP contribution in [-0.2, 0) is 11.3 Å². The zero-order valence-electron chi connectivity index (χ0n) is 17.1. The molecule has 1 fully saturated rings. The summed E-state index contributed by atoms with van der Waals surface area (Å²) in [6, 6.07) is 13.6. The van der Waals surface area contributed by atoms with E-state index in [0.717, 1.165) is 18.7 Å². The van der Waals surface area contributed by atoms with Gasteiger partial charge in [-0.2, -0.15) is 0 Å². The van der Waals surface area contributed by atoms with Crippen LogP contribution < -0.4 is 4.74 Å². The maximum atomic E-state index is 13.1. The number of amides is 1. The molecule has 1 amide bonds. The third kappa shape index (κ3) is 5.41. The molecule has 2 atom stereocenters. The maximum absolute atomic E-state index is 13.1. The highest BCUT2D eigenvalue weighted by Crippen LogP contribution is 2.19. The number of hydrogen-bond donors (Lipinski definition) is 0. The van der Waals surface area contributed by atoms with Crippen LogP contribution in [0.15, 0.2) is 48.5 Å². The molecule has 1 saturated heterocycles. The Balaban J connectivity index is 1.56. The number of ketones is 1. The fraction of sp³-hybridized carbons (Fsp3) is 0.391. The van der Waals surface area contributed by atoms with Crippen molar-refractivity contribution in [3.8, 4) is 5.75 Å². The lowest BCUT2D eigenvalue weighted by molar-refractivity contribution is -0.139. The van der Waals surface area contributed by atoms with Gasteiger partial charge in [-0.3, -0.25) is 14.5 Å². The van der Waals surface area contributed by atoms with E-state index in [1.165, 1.54) is 19.1 Å². The van der Waals surface area contributed by atoms with Crippen molar-refractivity contribution in [3.05, 3.63) is 65.5 Å². The second-order valence-electron chi connectivity index (χ2n) is 7.67. The third-order valence-electron chi connectivity index (χ3n) is 5.34. The van der Waals surface area contributed by atoms with Crippen molar-refractivity contribution in [2.45, 2.75) is 39.4 Å². The largest absolute Gasteiger partial charge is 0.484 e. The molecule has 0 aromatic heterocycles. The number of benzene rings is 2. The summed E-state index contributed by atoms with van der Waals surface area (Å²) in [5, 5.41) is 0. The molecular formula is C23H27FN2O3. The number of Topliss-reactive ketones (excluding diaryl/α,β-unsaturated/α-hetero) is 1. The first-order chi connectivity index (χ1) is 13.8. The molecule has 0 unspecified atom stereocenters. The van der Waals surface area contributed by atoms with Gasteiger partial charge in [0.15, 0.2) is 12.4 Å². The lowest BCUT2D eigenvalue weighted by atomic mass is 10.1. The van der Waals surface area contributed by atoms with E-state index in [1.54, 1.807) is 36.4 Å². The van der Waals surface area contributed by atoms with E-state index < -0.39 is 0 Å². The number of ether oxygens (including phenoxy) is 1. The Morgan fingerprint density at radius 1 is 1.07 bits per heavy atom. The molecular weight excluding hydrogens is 371 g/mol. The summed E-state index contributed by atoms with van der Waals surface area (Å²) in [5.41, 5.74) is 1.62. The molecule has 5 nitrogen and oxygen atoms in total. The highest BCUT2D eigenvalue weighted by Gasteiger charge is 2.32. The zero-order valence-corrected chi connectivity index (χ0v) is 17.1. The molecule has 0 radical (unpaired) electrons. The van der Waals surface area contributed by atoms with Crippen molar-refractivity contribution in [1.29, 1.82) is 0 Å². The highest BCUT2D eigenvalue weighted by molar-refractivity contribution is 5.94. The number of carbonyl (C=O) groups excluding carboxylic acids is 2. The molecule has 2 aromatic carbocycles. The van der Waals surface area contributed by atoms with Crippen LogP contribution in [0.4, 0.5) is 4.39 Å². The number of carbonyl (C=O) groups is 2. The topological polar surface area (TPSA) is 49.9 Å². The van der Waals surface area contributed by atoms with E-state index in [2.05, 4.69) is 11.8 Å². The summed E-state index contributed by atoms with van der Waals surface area (Å²) >= 11 is 0. The van der Waals surface area contributed by atoms with Gasteiger partial charge in [-0.15, -0.1) is 0 Å². The van der Waals surface area contributed by atoms with Gasteiger partial charge in [-0.1, -0.05) is 24.3 Å². The molecule has 0 saturated carbocycles. The van der Waals surface area contributed by atoms with Gasteiger partial charge >= 0.3 is 0 Å². The minimum atomic E-state index is -0.237. The van der Waals surface area contributed by atoms with Crippen LogP contribution in [-0.4, -0.2) is 53.3 Å². The van der Waals surface area contributed by atoms with Crippen LogP contribution in [0.3, 0.4) is 0 Å². The Morgan fingerprint density at radius 3 is 2.48 bits per heavy atom. The minimum absolute atomic E-state index is 0.0403. The van der Waals surface area contributed by atoms with Crippen LogP contribution in [0.1, 0.15) is 36.7 Å². The van der Waals surface area contributed by atoms with Crippen molar-refractivity contribution in [2.24, 2.45) is 0 Å². The molecule has 3 rings (SSSR count). The van der Waals surface area contributed by atoms with E-state index in [9.17, 15) is 14.0 Å². The molecule has 1 aliphatic heterocycles. The summed E-state index contributed by atoms with van der Waals surface area (Å²) in [6.45, 7) is 7.63. The van der Waals surface area contributed by atoms with E-state index in [4.69, 9.17) is 4.74 Å². The fourth-order valence-corrected chi connectivity index (χ4v) is 3.62. The van der Waals surface area contributed by atoms with Gasteiger partial charge in [0.2, 0.25) is 0 Å². The van der Waals surface area contributed by atoms with Crippen LogP contribution in [0.2, 0.25) is 0 Å². The molecule has 29 heavy (non-hydrogen) atoms. The molecule has 1 heterocycles. The Kier molecular flexibility index (Phi) is 6.64. The first kappa shape index (κ1) is 21.0. The summed E-state index contributed by atoms with van der Waals surface area (Å²) in [5.74, 6) is 0.168. The average molecular weight is 398 g/mol. The van der Waals surface area contributed by atoms with E-state index in [-0.39, 0.29) is 36.2 Å². The minimum Gasteiger partial charge on any atom is -0.484 e. The van der Waals surface area contributed by atoms with Gasteiger partial charge in [-0.25, -0.2) is 4.39 Å². The second-order valence-corrected chi connectivity index (χ2v) is 7.67. The van der Waals surface area contributed by atoms with Gasteiger partial charge in [-0.05, 0) is 50.6 Å². The molecule has 0 spiro atoms. The van der Waals surface area contributed by atoms with Crippen molar-refractivity contribution in [3.63, 3.8) is 0 Å². The van der Waals surface area contributed by atoms with Gasteiger partial charge in [0.05, 0.1) is 0 Å². The predicted molar refractivity (Wildman–Crippen MR) is 109 cm³/mol. The van der Waals surface area contributed by atoms with Crippen molar-refractivity contribution >= 4 is 11.7 Å². The molecule has 0 aliphatic carbocycles. The predicted octanol–water partition coefficient (Wildman–Crippen LogP) is 3.53. The Hall–Kier alpha value is -2.73. The standard InChI is InChI=1S/C23H27FN2O3/c1-16-13-26(17(2)12-25(16)14-19-7-9-21(24)10-8-19)23(28)15-29-22-6-4-5-20(11-22)18(3)27/h4-11,16-17H,12-15H2,1-3H3/t16-,17+/m1/s1.